The summed E-state index contributed by atoms with van der Waals surface area (Å²) in [7, 11) is 0. The maximum absolute atomic E-state index is 12.0. The topological polar surface area (TPSA) is 55.8 Å². The van der Waals surface area contributed by atoms with Crippen LogP contribution in [0.15, 0.2) is 0 Å². The zero-order chi connectivity index (χ0) is 12.4. The SMILES string of the molecule is CC(C)(C)OC(=O)N1C2COCC23CC(=O)C13. The van der Waals surface area contributed by atoms with Gasteiger partial charge in [0.25, 0.3) is 0 Å². The van der Waals surface area contributed by atoms with E-state index in [1.165, 1.54) is 0 Å². The lowest BCUT2D eigenvalue weighted by Gasteiger charge is -2.64. The first-order chi connectivity index (χ1) is 7.85. The molecule has 17 heavy (non-hydrogen) atoms. The molecule has 2 aliphatic heterocycles. The summed E-state index contributed by atoms with van der Waals surface area (Å²) in [5, 5.41) is 0. The van der Waals surface area contributed by atoms with E-state index < -0.39 is 5.60 Å². The lowest BCUT2D eigenvalue weighted by atomic mass is 9.53. The molecule has 1 spiro atoms. The molecular formula is C12H17NO4. The Morgan fingerprint density at radius 3 is 2.82 bits per heavy atom. The van der Waals surface area contributed by atoms with E-state index >= 15 is 0 Å². The van der Waals surface area contributed by atoms with Gasteiger partial charge in [-0.05, 0) is 20.8 Å². The van der Waals surface area contributed by atoms with E-state index in [-0.39, 0.29) is 29.4 Å². The van der Waals surface area contributed by atoms with E-state index in [1.807, 2.05) is 20.8 Å². The molecule has 3 rings (SSSR count). The lowest BCUT2D eigenvalue weighted by Crippen LogP contribution is -2.82. The quantitative estimate of drug-likeness (QED) is 0.632. The van der Waals surface area contributed by atoms with Crippen molar-refractivity contribution in [3.63, 3.8) is 0 Å². The highest BCUT2D eigenvalue weighted by Gasteiger charge is 2.75. The second-order valence-corrected chi connectivity index (χ2v) is 6.20. The summed E-state index contributed by atoms with van der Waals surface area (Å²) >= 11 is 0. The van der Waals surface area contributed by atoms with Gasteiger partial charge in [-0.1, -0.05) is 0 Å². The molecule has 3 unspecified atom stereocenters. The highest BCUT2D eigenvalue weighted by molar-refractivity contribution is 5.98. The van der Waals surface area contributed by atoms with E-state index in [0.717, 1.165) is 0 Å². The minimum atomic E-state index is -0.526. The third kappa shape index (κ3) is 1.29. The molecule has 5 nitrogen and oxygen atoms in total. The molecule has 3 atom stereocenters. The number of Topliss-reactive ketones (excluding diaryl/α,β-unsaturated/α-hetero) is 1. The van der Waals surface area contributed by atoms with Gasteiger partial charge in [0.15, 0.2) is 5.78 Å². The van der Waals surface area contributed by atoms with E-state index in [9.17, 15) is 9.59 Å². The van der Waals surface area contributed by atoms with Gasteiger partial charge in [0.1, 0.15) is 11.6 Å². The number of ketones is 1. The monoisotopic (exact) mass is 239 g/mol. The van der Waals surface area contributed by atoms with Gasteiger partial charge in [0, 0.05) is 6.42 Å². The maximum Gasteiger partial charge on any atom is 0.411 e. The summed E-state index contributed by atoms with van der Waals surface area (Å²) in [6.45, 7) is 6.61. The number of hydrogen-bond acceptors (Lipinski definition) is 4. The molecule has 2 heterocycles. The van der Waals surface area contributed by atoms with Crippen molar-refractivity contribution in [2.24, 2.45) is 5.41 Å². The van der Waals surface area contributed by atoms with Crippen molar-refractivity contribution in [1.29, 1.82) is 0 Å². The molecule has 0 aromatic carbocycles. The highest BCUT2D eigenvalue weighted by Crippen LogP contribution is 2.58. The van der Waals surface area contributed by atoms with Crippen LogP contribution in [0.2, 0.25) is 0 Å². The molecule has 3 aliphatic rings. The standard InChI is InChI=1S/C12H17NO4/c1-11(2,3)17-10(15)13-8-5-16-6-12(8)4-7(14)9(12)13/h8-9H,4-6H2,1-3H3. The van der Waals surface area contributed by atoms with Gasteiger partial charge in [0.2, 0.25) is 0 Å². The van der Waals surface area contributed by atoms with Crippen molar-refractivity contribution in [3.8, 4) is 0 Å². The number of hydrogen-bond donors (Lipinski definition) is 0. The van der Waals surface area contributed by atoms with E-state index in [4.69, 9.17) is 9.47 Å². The van der Waals surface area contributed by atoms with Crippen LogP contribution in [0.3, 0.4) is 0 Å². The molecule has 1 aliphatic carbocycles. The second kappa shape index (κ2) is 3.02. The molecule has 94 valence electrons. The van der Waals surface area contributed by atoms with Crippen molar-refractivity contribution in [3.05, 3.63) is 0 Å². The fourth-order valence-electron chi connectivity index (χ4n) is 3.19. The zero-order valence-corrected chi connectivity index (χ0v) is 10.4. The van der Waals surface area contributed by atoms with Crippen molar-refractivity contribution in [2.45, 2.75) is 44.9 Å². The maximum atomic E-state index is 12.0. The second-order valence-electron chi connectivity index (χ2n) is 6.20. The van der Waals surface area contributed by atoms with Crippen molar-refractivity contribution < 1.29 is 19.1 Å². The highest BCUT2D eigenvalue weighted by atomic mass is 16.6. The summed E-state index contributed by atoms with van der Waals surface area (Å²) in [4.78, 5) is 25.2. The van der Waals surface area contributed by atoms with Gasteiger partial charge in [-0.3, -0.25) is 9.69 Å². The minimum absolute atomic E-state index is 0.0417. The van der Waals surface area contributed by atoms with Crippen LogP contribution in [0.25, 0.3) is 0 Å². The van der Waals surface area contributed by atoms with Crippen LogP contribution in [-0.4, -0.2) is 47.7 Å². The Hall–Kier alpha value is -1.10. The summed E-state index contributed by atoms with van der Waals surface area (Å²) in [5.41, 5.74) is -0.602. The van der Waals surface area contributed by atoms with Crippen molar-refractivity contribution >= 4 is 11.9 Å². The molecule has 5 heteroatoms. The van der Waals surface area contributed by atoms with Crippen molar-refractivity contribution in [1.82, 2.24) is 4.90 Å². The first-order valence-corrected chi connectivity index (χ1v) is 5.97. The molecular weight excluding hydrogens is 222 g/mol. The van der Waals surface area contributed by atoms with Crippen LogP contribution in [0.4, 0.5) is 4.79 Å². The summed E-state index contributed by atoms with van der Waals surface area (Å²) in [6.07, 6.45) is 0.170. The number of ether oxygens (including phenoxy) is 2. The van der Waals surface area contributed by atoms with Crippen molar-refractivity contribution in [2.75, 3.05) is 13.2 Å². The Morgan fingerprint density at radius 2 is 2.24 bits per heavy atom. The van der Waals surface area contributed by atoms with Gasteiger partial charge in [0.05, 0.1) is 24.7 Å². The van der Waals surface area contributed by atoms with Crippen LogP contribution >= 0.6 is 0 Å². The number of carbonyl (C=O) groups is 2. The first kappa shape index (κ1) is 11.0. The Bertz CT molecular complexity index is 400. The predicted molar refractivity (Wildman–Crippen MR) is 58.5 cm³/mol. The van der Waals surface area contributed by atoms with Gasteiger partial charge in [-0.25, -0.2) is 4.79 Å². The fourth-order valence-corrected chi connectivity index (χ4v) is 3.19. The van der Waals surface area contributed by atoms with E-state index in [2.05, 4.69) is 0 Å². The van der Waals surface area contributed by atoms with Crippen LogP contribution in [-0.2, 0) is 14.3 Å². The fraction of sp³-hybridized carbons (Fsp3) is 0.833. The van der Waals surface area contributed by atoms with Gasteiger partial charge in [-0.15, -0.1) is 0 Å². The molecule has 2 saturated heterocycles. The number of rotatable bonds is 0. The molecule has 0 aromatic heterocycles. The average molecular weight is 239 g/mol. The van der Waals surface area contributed by atoms with E-state index in [0.29, 0.717) is 19.6 Å². The van der Waals surface area contributed by atoms with Crippen LogP contribution in [0.1, 0.15) is 27.2 Å². The third-order valence-electron chi connectivity index (χ3n) is 3.88. The molecule has 0 N–H and O–H groups in total. The molecule has 0 radical (unpaired) electrons. The molecule has 1 amide bonds. The van der Waals surface area contributed by atoms with E-state index in [1.54, 1.807) is 4.90 Å². The number of likely N-dealkylation sites (tertiary alicyclic amines) is 1. The summed E-state index contributed by atoms with van der Waals surface area (Å²) in [5.74, 6) is 0.137. The smallest absolute Gasteiger partial charge is 0.411 e. The summed E-state index contributed by atoms with van der Waals surface area (Å²) < 4.78 is 10.7. The predicted octanol–water partition coefficient (Wildman–Crippen LogP) is 0.964. The Morgan fingerprint density at radius 1 is 1.53 bits per heavy atom. The lowest BCUT2D eigenvalue weighted by molar-refractivity contribution is -0.182. The Balaban J connectivity index is 1.77. The average Bonchev–Trinajstić information content (AvgIpc) is 2.51. The Kier molecular flexibility index (Phi) is 1.95. The number of amides is 1. The van der Waals surface area contributed by atoms with Crippen LogP contribution in [0.5, 0.6) is 0 Å². The zero-order valence-electron chi connectivity index (χ0n) is 10.4. The number of nitrogens with zero attached hydrogens (tertiary/aromatic N) is 1. The molecule has 1 saturated carbocycles. The van der Waals surface area contributed by atoms with Crippen LogP contribution in [0, 0.1) is 5.41 Å². The molecule has 0 bridgehead atoms. The molecule has 3 fully saturated rings. The van der Waals surface area contributed by atoms with Gasteiger partial charge in [-0.2, -0.15) is 0 Å². The summed E-state index contributed by atoms with van der Waals surface area (Å²) in [6, 6.07) is -0.245. The first-order valence-electron chi connectivity index (χ1n) is 5.97. The number of carbonyl (C=O) groups excluding carboxylic acids is 2. The Labute approximate surface area is 100 Å². The van der Waals surface area contributed by atoms with Crippen LogP contribution < -0.4 is 0 Å². The normalized spacial score (nSPS) is 39.0. The largest absolute Gasteiger partial charge is 0.444 e. The van der Waals surface area contributed by atoms with Gasteiger partial charge < -0.3 is 9.47 Å². The third-order valence-corrected chi connectivity index (χ3v) is 3.88. The van der Waals surface area contributed by atoms with Gasteiger partial charge >= 0.3 is 6.09 Å². The minimum Gasteiger partial charge on any atom is -0.444 e. The number of piperidine rings is 1. The molecule has 0 aromatic rings.